The van der Waals surface area contributed by atoms with Gasteiger partial charge in [0.2, 0.25) is 0 Å². The predicted molar refractivity (Wildman–Crippen MR) is 119 cm³/mol. The summed E-state index contributed by atoms with van der Waals surface area (Å²) in [6.45, 7) is 1.74. The van der Waals surface area contributed by atoms with Crippen molar-refractivity contribution in [3.05, 3.63) is 45.1 Å². The highest BCUT2D eigenvalue weighted by atomic mass is 35.5. The summed E-state index contributed by atoms with van der Waals surface area (Å²) < 4.78 is 10.4. The minimum Gasteiger partial charge on any atom is -0.465 e. The van der Waals surface area contributed by atoms with E-state index in [1.807, 2.05) is 0 Å². The number of thiophene rings is 1. The monoisotopic (exact) mass is 464 g/mol. The number of aromatic nitrogens is 1. The van der Waals surface area contributed by atoms with Crippen molar-refractivity contribution in [1.29, 1.82) is 0 Å². The Morgan fingerprint density at radius 3 is 2.61 bits per heavy atom. The predicted octanol–water partition coefficient (Wildman–Crippen LogP) is 4.82. The second-order valence-electron chi connectivity index (χ2n) is 7.27. The second kappa shape index (κ2) is 10.7. The minimum atomic E-state index is -1.02. The molecule has 1 atom stereocenters. The van der Waals surface area contributed by atoms with E-state index in [0.717, 1.165) is 49.0 Å². The van der Waals surface area contributed by atoms with Gasteiger partial charge >= 0.3 is 11.9 Å². The number of rotatable bonds is 6. The molecule has 2 aromatic heterocycles. The molecule has 1 amide bonds. The van der Waals surface area contributed by atoms with Crippen LogP contribution in [-0.4, -0.2) is 36.0 Å². The molecule has 1 aliphatic carbocycles. The Kier molecular flexibility index (Phi) is 8.03. The summed E-state index contributed by atoms with van der Waals surface area (Å²) in [5, 5.41) is 3.41. The van der Waals surface area contributed by atoms with Gasteiger partial charge in [0, 0.05) is 11.1 Å². The first kappa shape index (κ1) is 23.2. The number of amides is 1. The lowest BCUT2D eigenvalue weighted by Crippen LogP contribution is -2.32. The molecule has 0 bridgehead atoms. The smallest absolute Gasteiger partial charge is 0.341 e. The van der Waals surface area contributed by atoms with Gasteiger partial charge in [0.05, 0.1) is 18.2 Å². The number of nitrogens with one attached hydrogen (secondary N) is 1. The molecule has 0 spiro atoms. The van der Waals surface area contributed by atoms with E-state index in [2.05, 4.69) is 10.3 Å². The first-order valence-electron chi connectivity index (χ1n) is 10.3. The molecule has 166 valence electrons. The van der Waals surface area contributed by atoms with Crippen molar-refractivity contribution in [1.82, 2.24) is 4.98 Å². The maximum Gasteiger partial charge on any atom is 0.341 e. The van der Waals surface area contributed by atoms with Gasteiger partial charge in [-0.25, -0.2) is 14.6 Å². The summed E-state index contributed by atoms with van der Waals surface area (Å²) >= 11 is 7.23. The molecule has 0 saturated heterocycles. The van der Waals surface area contributed by atoms with Gasteiger partial charge in [-0.3, -0.25) is 4.79 Å². The summed E-state index contributed by atoms with van der Waals surface area (Å²) in [4.78, 5) is 42.8. The number of pyridine rings is 1. The molecule has 3 rings (SSSR count). The zero-order chi connectivity index (χ0) is 22.4. The number of anilines is 1. The van der Waals surface area contributed by atoms with Crippen LogP contribution in [0, 0.1) is 0 Å². The second-order valence-corrected chi connectivity index (χ2v) is 8.76. The van der Waals surface area contributed by atoms with Gasteiger partial charge in [-0.2, -0.15) is 0 Å². The third-order valence-electron chi connectivity index (χ3n) is 5.17. The van der Waals surface area contributed by atoms with Gasteiger partial charge in [0.1, 0.15) is 10.2 Å². The van der Waals surface area contributed by atoms with Crippen LogP contribution in [0.5, 0.6) is 0 Å². The largest absolute Gasteiger partial charge is 0.465 e. The Morgan fingerprint density at radius 2 is 1.94 bits per heavy atom. The van der Waals surface area contributed by atoms with Crippen molar-refractivity contribution in [2.75, 3.05) is 12.4 Å². The average molecular weight is 465 g/mol. The van der Waals surface area contributed by atoms with Crippen molar-refractivity contribution < 1.29 is 23.9 Å². The summed E-state index contributed by atoms with van der Waals surface area (Å²) in [5.74, 6) is -1.63. The van der Waals surface area contributed by atoms with Crippen molar-refractivity contribution in [2.45, 2.75) is 58.0 Å². The molecular weight excluding hydrogens is 440 g/mol. The van der Waals surface area contributed by atoms with Crippen LogP contribution in [0.15, 0.2) is 18.3 Å². The highest BCUT2D eigenvalue weighted by Gasteiger charge is 2.29. The molecule has 0 fully saturated rings. The van der Waals surface area contributed by atoms with Crippen LogP contribution in [0.25, 0.3) is 0 Å². The maximum atomic E-state index is 12.9. The number of carbonyl (C=O) groups is 3. The van der Waals surface area contributed by atoms with Crippen LogP contribution in [0.2, 0.25) is 5.15 Å². The molecular formula is C22H25ClN2O5S. The van der Waals surface area contributed by atoms with Gasteiger partial charge in [0.25, 0.3) is 5.91 Å². The Balaban J connectivity index is 1.81. The average Bonchev–Trinajstić information content (AvgIpc) is 3.06. The van der Waals surface area contributed by atoms with Crippen LogP contribution < -0.4 is 5.32 Å². The van der Waals surface area contributed by atoms with Gasteiger partial charge in [-0.15, -0.1) is 11.3 Å². The molecule has 31 heavy (non-hydrogen) atoms. The molecule has 1 aliphatic rings. The Labute approximate surface area is 190 Å². The van der Waals surface area contributed by atoms with E-state index in [1.165, 1.54) is 36.8 Å². The van der Waals surface area contributed by atoms with Crippen LogP contribution in [0.4, 0.5) is 5.00 Å². The van der Waals surface area contributed by atoms with Gasteiger partial charge in [-0.1, -0.05) is 31.4 Å². The van der Waals surface area contributed by atoms with E-state index in [1.54, 1.807) is 6.92 Å². The summed E-state index contributed by atoms with van der Waals surface area (Å²) in [5.41, 5.74) is 1.59. The first-order chi connectivity index (χ1) is 14.9. The fourth-order valence-corrected chi connectivity index (χ4v) is 5.02. The van der Waals surface area contributed by atoms with Crippen molar-refractivity contribution in [3.63, 3.8) is 0 Å². The van der Waals surface area contributed by atoms with E-state index in [4.69, 9.17) is 21.1 Å². The van der Waals surface area contributed by atoms with Gasteiger partial charge < -0.3 is 14.8 Å². The number of fused-ring (bicyclic) bond motifs is 1. The third kappa shape index (κ3) is 5.62. The maximum absolute atomic E-state index is 12.9. The van der Waals surface area contributed by atoms with E-state index < -0.39 is 23.9 Å². The quantitative estimate of drug-likeness (QED) is 0.486. The Morgan fingerprint density at radius 1 is 1.19 bits per heavy atom. The van der Waals surface area contributed by atoms with Crippen LogP contribution in [-0.2, 0) is 27.1 Å². The standard InChI is InChI=1S/C22H25ClN2O5S/c1-3-15(30-21(27)13-10-11-24-17(23)12-13)19(26)25-20-18(22(28)29-2)14-8-6-4-5-7-9-16(14)31-20/h10-12,15H,3-9H2,1-2H3,(H,25,26). The Hall–Kier alpha value is -2.45. The van der Waals surface area contributed by atoms with Crippen molar-refractivity contribution in [2.24, 2.45) is 0 Å². The molecule has 2 heterocycles. The van der Waals surface area contributed by atoms with Crippen LogP contribution >= 0.6 is 22.9 Å². The fourth-order valence-electron chi connectivity index (χ4n) is 3.57. The molecule has 0 aromatic carbocycles. The summed E-state index contributed by atoms with van der Waals surface area (Å²) in [6.07, 6.45) is 6.60. The third-order valence-corrected chi connectivity index (χ3v) is 6.59. The van der Waals surface area contributed by atoms with Gasteiger partial charge in [-0.05, 0) is 49.8 Å². The zero-order valence-corrected chi connectivity index (χ0v) is 19.1. The molecule has 0 radical (unpaired) electrons. The van der Waals surface area contributed by atoms with E-state index in [-0.39, 0.29) is 17.1 Å². The number of hydrogen-bond acceptors (Lipinski definition) is 7. The molecule has 9 heteroatoms. The van der Waals surface area contributed by atoms with Crippen molar-refractivity contribution in [3.8, 4) is 0 Å². The van der Waals surface area contributed by atoms with E-state index in [9.17, 15) is 14.4 Å². The minimum absolute atomic E-state index is 0.158. The number of carbonyl (C=O) groups excluding carboxylic acids is 3. The SMILES string of the molecule is CCC(OC(=O)c1ccnc(Cl)c1)C(=O)Nc1sc2c(c1C(=O)OC)CCCCCC2. The van der Waals surface area contributed by atoms with E-state index >= 15 is 0 Å². The number of hydrogen-bond donors (Lipinski definition) is 1. The zero-order valence-electron chi connectivity index (χ0n) is 17.5. The molecule has 0 aliphatic heterocycles. The van der Waals surface area contributed by atoms with E-state index in [0.29, 0.717) is 10.6 Å². The lowest BCUT2D eigenvalue weighted by molar-refractivity contribution is -0.124. The molecule has 0 saturated carbocycles. The molecule has 7 nitrogen and oxygen atoms in total. The van der Waals surface area contributed by atoms with Crippen LogP contribution in [0.3, 0.4) is 0 Å². The number of methoxy groups -OCH3 is 1. The lowest BCUT2D eigenvalue weighted by Gasteiger charge is -2.16. The number of halogens is 1. The van der Waals surface area contributed by atoms with Crippen LogP contribution in [0.1, 0.15) is 70.2 Å². The number of aryl methyl sites for hydroxylation is 1. The number of nitrogens with zero attached hydrogens (tertiary/aromatic N) is 1. The van der Waals surface area contributed by atoms with Crippen molar-refractivity contribution >= 4 is 45.8 Å². The molecule has 2 aromatic rings. The fraction of sp³-hybridized carbons (Fsp3) is 0.455. The normalized spacial score (nSPS) is 14.5. The lowest BCUT2D eigenvalue weighted by atomic mass is 9.96. The highest BCUT2D eigenvalue weighted by molar-refractivity contribution is 7.17. The summed E-state index contributed by atoms with van der Waals surface area (Å²) in [7, 11) is 1.33. The molecule has 1 unspecified atom stereocenters. The number of esters is 2. The first-order valence-corrected chi connectivity index (χ1v) is 11.5. The number of ether oxygens (including phenoxy) is 2. The van der Waals surface area contributed by atoms with Gasteiger partial charge in [0.15, 0.2) is 6.10 Å². The summed E-state index contributed by atoms with van der Waals surface area (Å²) in [6, 6.07) is 2.84. The highest BCUT2D eigenvalue weighted by Crippen LogP contribution is 2.37. The topological polar surface area (TPSA) is 94.6 Å². The Bertz CT molecular complexity index is 975. The molecule has 1 N–H and O–H groups in total.